The molecule has 0 aromatic carbocycles. The second-order valence-electron chi connectivity index (χ2n) is 2.67. The Morgan fingerprint density at radius 1 is 1.58 bits per heavy atom. The Bertz CT molecular complexity index is 250. The molecule has 0 saturated carbocycles. The average molecular weight is 199 g/mol. The lowest BCUT2D eigenvalue weighted by Gasteiger charge is -2.04. The quantitative estimate of drug-likeness (QED) is 0.526. The van der Waals surface area contributed by atoms with Crippen LogP contribution in [0.15, 0.2) is 22.5 Å². The van der Waals surface area contributed by atoms with Crippen LogP contribution in [-0.4, -0.2) is 17.3 Å². The normalized spacial score (nSPS) is 12.5. The number of thioether (sulfide) groups is 1. The number of hydrogen-bond donors (Lipinski definition) is 0. The highest BCUT2D eigenvalue weighted by molar-refractivity contribution is 8.15. The molecule has 0 aliphatic carbocycles. The molecule has 12 heavy (non-hydrogen) atoms. The third-order valence-corrected chi connectivity index (χ3v) is 3.39. The van der Waals surface area contributed by atoms with Gasteiger partial charge in [-0.2, -0.15) is 0 Å². The van der Waals surface area contributed by atoms with Gasteiger partial charge in [-0.15, -0.1) is 23.1 Å². The van der Waals surface area contributed by atoms with Crippen LogP contribution >= 0.6 is 23.1 Å². The molecule has 3 heteroatoms. The summed E-state index contributed by atoms with van der Waals surface area (Å²) in [5.41, 5.74) is 0. The summed E-state index contributed by atoms with van der Waals surface area (Å²) in [5, 5.41) is 3.84. The zero-order valence-electron chi connectivity index (χ0n) is 7.57. The second-order valence-corrected chi connectivity index (χ2v) is 5.19. The summed E-state index contributed by atoms with van der Waals surface area (Å²) in [7, 11) is 1.85. The van der Waals surface area contributed by atoms with E-state index in [1.54, 1.807) is 11.3 Å². The Labute approximate surface area is 81.9 Å². The number of nitrogens with zero attached hydrogens (tertiary/aromatic N) is 1. The van der Waals surface area contributed by atoms with E-state index in [1.807, 2.05) is 18.8 Å². The Balaban J connectivity index is 2.72. The SMILES string of the molecule is CN=C(SC(C)C)c1cccs1. The highest BCUT2D eigenvalue weighted by Crippen LogP contribution is 2.21. The molecule has 0 N–H and O–H groups in total. The Morgan fingerprint density at radius 3 is 2.75 bits per heavy atom. The van der Waals surface area contributed by atoms with Crippen LogP contribution in [0.2, 0.25) is 0 Å². The van der Waals surface area contributed by atoms with Crippen molar-refractivity contribution in [3.05, 3.63) is 22.4 Å². The lowest BCUT2D eigenvalue weighted by molar-refractivity contribution is 1.12. The van der Waals surface area contributed by atoms with Gasteiger partial charge >= 0.3 is 0 Å². The molecular formula is C9H13NS2. The van der Waals surface area contributed by atoms with Crippen LogP contribution in [0.5, 0.6) is 0 Å². The molecule has 0 aliphatic rings. The molecule has 1 aromatic rings. The van der Waals surface area contributed by atoms with E-state index in [2.05, 4.69) is 36.4 Å². The molecule has 0 aliphatic heterocycles. The van der Waals surface area contributed by atoms with Gasteiger partial charge in [0.1, 0.15) is 5.04 Å². The predicted octanol–water partition coefficient (Wildman–Crippen LogP) is 3.27. The number of rotatable bonds is 2. The van der Waals surface area contributed by atoms with Gasteiger partial charge in [0.05, 0.1) is 4.88 Å². The third-order valence-electron chi connectivity index (χ3n) is 1.28. The first-order valence-electron chi connectivity index (χ1n) is 3.91. The molecule has 0 atom stereocenters. The summed E-state index contributed by atoms with van der Waals surface area (Å²) in [5.74, 6) is 0. The van der Waals surface area contributed by atoms with E-state index in [1.165, 1.54) is 4.88 Å². The van der Waals surface area contributed by atoms with Gasteiger partial charge in [0.25, 0.3) is 0 Å². The first kappa shape index (κ1) is 9.81. The van der Waals surface area contributed by atoms with Crippen molar-refractivity contribution in [3.8, 4) is 0 Å². The molecular weight excluding hydrogens is 186 g/mol. The summed E-state index contributed by atoms with van der Waals surface area (Å²) in [6.45, 7) is 4.37. The maximum Gasteiger partial charge on any atom is 0.108 e. The fraction of sp³-hybridized carbons (Fsp3) is 0.444. The predicted molar refractivity (Wildman–Crippen MR) is 59.5 cm³/mol. The molecule has 0 unspecified atom stereocenters. The zero-order chi connectivity index (χ0) is 8.97. The molecule has 0 bridgehead atoms. The fourth-order valence-electron chi connectivity index (χ4n) is 0.844. The van der Waals surface area contributed by atoms with Crippen molar-refractivity contribution in [1.82, 2.24) is 0 Å². The largest absolute Gasteiger partial charge is 0.280 e. The molecule has 1 aromatic heterocycles. The van der Waals surface area contributed by atoms with Crippen LogP contribution in [0.1, 0.15) is 18.7 Å². The van der Waals surface area contributed by atoms with Crippen molar-refractivity contribution in [3.63, 3.8) is 0 Å². The van der Waals surface area contributed by atoms with Crippen molar-refractivity contribution in [2.24, 2.45) is 4.99 Å². The summed E-state index contributed by atoms with van der Waals surface area (Å²) in [6, 6.07) is 4.18. The van der Waals surface area contributed by atoms with Gasteiger partial charge in [-0.05, 0) is 11.4 Å². The Hall–Kier alpha value is -0.280. The highest BCUT2D eigenvalue weighted by atomic mass is 32.2. The standard InChI is InChI=1S/C9H13NS2/c1-7(2)12-9(10-3)8-5-4-6-11-8/h4-7H,1-3H3. The topological polar surface area (TPSA) is 12.4 Å². The van der Waals surface area contributed by atoms with Gasteiger partial charge in [0, 0.05) is 12.3 Å². The van der Waals surface area contributed by atoms with Crippen LogP contribution in [0.25, 0.3) is 0 Å². The van der Waals surface area contributed by atoms with Gasteiger partial charge in [-0.1, -0.05) is 19.9 Å². The highest BCUT2D eigenvalue weighted by Gasteiger charge is 2.06. The van der Waals surface area contributed by atoms with E-state index in [0.717, 1.165) is 5.04 Å². The maximum atomic E-state index is 4.26. The smallest absolute Gasteiger partial charge is 0.108 e. The molecule has 0 saturated heterocycles. The van der Waals surface area contributed by atoms with Gasteiger partial charge in [0.15, 0.2) is 0 Å². The summed E-state index contributed by atoms with van der Waals surface area (Å²) in [4.78, 5) is 5.53. The van der Waals surface area contributed by atoms with E-state index in [-0.39, 0.29) is 0 Å². The minimum atomic E-state index is 0.603. The molecule has 0 spiro atoms. The first-order valence-corrected chi connectivity index (χ1v) is 5.67. The first-order chi connectivity index (χ1) is 5.74. The van der Waals surface area contributed by atoms with Gasteiger partial charge < -0.3 is 0 Å². The van der Waals surface area contributed by atoms with E-state index in [9.17, 15) is 0 Å². The molecule has 66 valence electrons. The molecule has 1 nitrogen and oxygen atoms in total. The molecule has 0 amide bonds. The van der Waals surface area contributed by atoms with E-state index in [4.69, 9.17) is 0 Å². The van der Waals surface area contributed by atoms with Crippen molar-refractivity contribution >= 4 is 28.1 Å². The molecule has 1 rings (SSSR count). The Morgan fingerprint density at radius 2 is 2.33 bits per heavy atom. The lowest BCUT2D eigenvalue weighted by Crippen LogP contribution is -1.97. The molecule has 0 fully saturated rings. The zero-order valence-corrected chi connectivity index (χ0v) is 9.21. The minimum Gasteiger partial charge on any atom is -0.280 e. The summed E-state index contributed by atoms with van der Waals surface area (Å²) in [6.07, 6.45) is 0. The van der Waals surface area contributed by atoms with Crippen LogP contribution in [0.3, 0.4) is 0 Å². The second kappa shape index (κ2) is 4.67. The van der Waals surface area contributed by atoms with Gasteiger partial charge in [-0.3, -0.25) is 4.99 Å². The van der Waals surface area contributed by atoms with Gasteiger partial charge in [0.2, 0.25) is 0 Å². The van der Waals surface area contributed by atoms with Crippen molar-refractivity contribution in [1.29, 1.82) is 0 Å². The number of hydrogen-bond acceptors (Lipinski definition) is 3. The van der Waals surface area contributed by atoms with E-state index >= 15 is 0 Å². The maximum absolute atomic E-state index is 4.26. The molecule has 1 heterocycles. The van der Waals surface area contributed by atoms with Crippen LogP contribution in [0.4, 0.5) is 0 Å². The van der Waals surface area contributed by atoms with Crippen LogP contribution < -0.4 is 0 Å². The average Bonchev–Trinajstić information content (AvgIpc) is 2.51. The summed E-state index contributed by atoms with van der Waals surface area (Å²) < 4.78 is 0. The van der Waals surface area contributed by atoms with Crippen LogP contribution in [-0.2, 0) is 0 Å². The lowest BCUT2D eigenvalue weighted by atomic mass is 10.5. The van der Waals surface area contributed by atoms with Crippen molar-refractivity contribution in [2.45, 2.75) is 19.1 Å². The third kappa shape index (κ3) is 2.64. The Kier molecular flexibility index (Phi) is 3.82. The fourth-order valence-corrected chi connectivity index (χ4v) is 2.52. The van der Waals surface area contributed by atoms with Gasteiger partial charge in [-0.25, -0.2) is 0 Å². The summed E-state index contributed by atoms with van der Waals surface area (Å²) >= 11 is 3.56. The van der Waals surface area contributed by atoms with E-state index in [0.29, 0.717) is 5.25 Å². The van der Waals surface area contributed by atoms with Crippen molar-refractivity contribution < 1.29 is 0 Å². The van der Waals surface area contributed by atoms with Crippen LogP contribution in [0, 0.1) is 0 Å². The van der Waals surface area contributed by atoms with E-state index < -0.39 is 0 Å². The molecule has 0 radical (unpaired) electrons. The number of thiophene rings is 1. The number of aliphatic imine (C=N–C) groups is 1. The monoisotopic (exact) mass is 199 g/mol. The minimum absolute atomic E-state index is 0.603. The van der Waals surface area contributed by atoms with Crippen molar-refractivity contribution in [2.75, 3.05) is 7.05 Å².